The molecule has 2 heterocycles. The van der Waals surface area contributed by atoms with E-state index in [2.05, 4.69) is 9.97 Å². The fourth-order valence-electron chi connectivity index (χ4n) is 2.24. The Labute approximate surface area is 134 Å². The molecule has 132 valence electrons. The zero-order chi connectivity index (χ0) is 18.6. The molecular weight excluding hydrogens is 356 g/mol. The van der Waals surface area contributed by atoms with Crippen molar-refractivity contribution >= 4 is 11.1 Å². The summed E-state index contributed by atoms with van der Waals surface area (Å²) < 4.78 is 84.3. The lowest BCUT2D eigenvalue weighted by molar-refractivity contribution is -0.145. The van der Waals surface area contributed by atoms with E-state index in [1.165, 1.54) is 0 Å². The molecule has 0 saturated carbocycles. The summed E-state index contributed by atoms with van der Waals surface area (Å²) in [6.07, 6.45) is -4.53. The summed E-state index contributed by atoms with van der Waals surface area (Å²) in [6.45, 7) is 0.257. The lowest BCUT2D eigenvalue weighted by Gasteiger charge is -2.16. The van der Waals surface area contributed by atoms with Gasteiger partial charge in [-0.3, -0.25) is 9.97 Å². The molecule has 0 atom stereocenters. The Morgan fingerprint density at radius 1 is 1.12 bits per heavy atom. The molecule has 1 aromatic carbocycles. The molecule has 0 bridgehead atoms. The fraction of sp³-hybridized carbons (Fsp3) is 0.214. The van der Waals surface area contributed by atoms with Crippen LogP contribution in [-0.4, -0.2) is 15.0 Å². The van der Waals surface area contributed by atoms with Gasteiger partial charge in [0.1, 0.15) is 11.2 Å². The van der Waals surface area contributed by atoms with E-state index >= 15 is 0 Å². The molecule has 3 aromatic rings. The third-order valence-electron chi connectivity index (χ3n) is 3.26. The second kappa shape index (κ2) is 5.33. The van der Waals surface area contributed by atoms with Crippen LogP contribution < -0.4 is 5.76 Å². The first-order valence-electron chi connectivity index (χ1n) is 6.62. The van der Waals surface area contributed by atoms with Crippen molar-refractivity contribution < 1.29 is 30.8 Å². The van der Waals surface area contributed by atoms with E-state index in [1.54, 1.807) is 0 Å². The Balaban J connectivity index is 2.30. The van der Waals surface area contributed by atoms with Crippen LogP contribution >= 0.6 is 0 Å². The molecule has 3 rings (SSSR count). The average Bonchev–Trinajstić information content (AvgIpc) is 2.88. The summed E-state index contributed by atoms with van der Waals surface area (Å²) in [7, 11) is 0. The van der Waals surface area contributed by atoms with Crippen molar-refractivity contribution in [3.05, 3.63) is 46.1 Å². The Bertz CT molecular complexity index is 1020. The number of rotatable bonds is 2. The SMILES string of the molecule is CC(F)(F)c1ncc(-c2ccc(F)c3[nH]c(=O)oc23)nc1C(F)(F)F. The molecule has 0 spiro atoms. The van der Waals surface area contributed by atoms with Gasteiger partial charge in [-0.25, -0.2) is 14.2 Å². The van der Waals surface area contributed by atoms with Crippen molar-refractivity contribution in [2.24, 2.45) is 0 Å². The molecule has 11 heteroatoms. The van der Waals surface area contributed by atoms with Gasteiger partial charge < -0.3 is 4.42 Å². The molecule has 0 radical (unpaired) electrons. The maximum absolute atomic E-state index is 13.6. The summed E-state index contributed by atoms with van der Waals surface area (Å²) in [5, 5.41) is 0. The van der Waals surface area contributed by atoms with Crippen LogP contribution in [0.3, 0.4) is 0 Å². The van der Waals surface area contributed by atoms with E-state index in [9.17, 15) is 31.1 Å². The molecule has 0 aliphatic carbocycles. The van der Waals surface area contributed by atoms with Crippen molar-refractivity contribution in [1.29, 1.82) is 0 Å². The first kappa shape index (κ1) is 17.0. The number of benzene rings is 1. The number of H-pyrrole nitrogens is 1. The van der Waals surface area contributed by atoms with Crippen molar-refractivity contribution in [1.82, 2.24) is 15.0 Å². The number of hydrogen-bond acceptors (Lipinski definition) is 4. The summed E-state index contributed by atoms with van der Waals surface area (Å²) in [6, 6.07) is 1.86. The predicted molar refractivity (Wildman–Crippen MR) is 72.4 cm³/mol. The van der Waals surface area contributed by atoms with Crippen molar-refractivity contribution in [3.63, 3.8) is 0 Å². The number of fused-ring (bicyclic) bond motifs is 1. The molecule has 0 amide bonds. The molecule has 2 aromatic heterocycles. The Hall–Kier alpha value is -2.85. The quantitative estimate of drug-likeness (QED) is 0.702. The monoisotopic (exact) mass is 363 g/mol. The van der Waals surface area contributed by atoms with Gasteiger partial charge in [-0.05, 0) is 12.1 Å². The van der Waals surface area contributed by atoms with E-state index in [4.69, 9.17) is 4.42 Å². The highest BCUT2D eigenvalue weighted by molar-refractivity contribution is 5.89. The third kappa shape index (κ3) is 2.96. The molecule has 0 fully saturated rings. The van der Waals surface area contributed by atoms with Crippen LogP contribution in [0.2, 0.25) is 0 Å². The predicted octanol–water partition coefficient (Wildman–Crippen LogP) is 3.85. The first-order valence-corrected chi connectivity index (χ1v) is 6.62. The average molecular weight is 363 g/mol. The van der Waals surface area contributed by atoms with E-state index < -0.39 is 46.3 Å². The van der Waals surface area contributed by atoms with Gasteiger partial charge in [-0.2, -0.15) is 22.0 Å². The Kier molecular flexibility index (Phi) is 3.62. The van der Waals surface area contributed by atoms with Gasteiger partial charge in [0.05, 0.1) is 11.9 Å². The lowest BCUT2D eigenvalue weighted by Crippen LogP contribution is -2.21. The summed E-state index contributed by atoms with van der Waals surface area (Å²) in [4.78, 5) is 19.6. The number of aromatic nitrogens is 3. The Morgan fingerprint density at radius 3 is 2.40 bits per heavy atom. The van der Waals surface area contributed by atoms with Crippen LogP contribution in [-0.2, 0) is 12.1 Å². The minimum atomic E-state index is -5.20. The van der Waals surface area contributed by atoms with Crippen LogP contribution in [0.15, 0.2) is 27.5 Å². The van der Waals surface area contributed by atoms with Gasteiger partial charge in [-0.1, -0.05) is 0 Å². The van der Waals surface area contributed by atoms with E-state index in [0.717, 1.165) is 12.1 Å². The number of hydrogen-bond donors (Lipinski definition) is 1. The minimum absolute atomic E-state index is 0.210. The van der Waals surface area contributed by atoms with Crippen molar-refractivity contribution in [2.75, 3.05) is 0 Å². The highest BCUT2D eigenvalue weighted by Crippen LogP contribution is 2.38. The van der Waals surface area contributed by atoms with E-state index in [0.29, 0.717) is 6.20 Å². The zero-order valence-corrected chi connectivity index (χ0v) is 12.2. The molecule has 0 aliphatic heterocycles. The van der Waals surface area contributed by atoms with Gasteiger partial charge in [0, 0.05) is 12.5 Å². The standard InChI is InChI=1S/C14H7F6N3O2/c1-13(16,17)10-11(14(18,19)20)22-7(4-21-10)5-2-3-6(15)8-9(5)25-12(24)23-8/h2-4H,1H3,(H,23,24). The molecule has 0 aliphatic rings. The third-order valence-corrected chi connectivity index (χ3v) is 3.26. The lowest BCUT2D eigenvalue weighted by atomic mass is 10.1. The van der Waals surface area contributed by atoms with Crippen molar-refractivity contribution in [2.45, 2.75) is 19.0 Å². The number of aromatic amines is 1. The number of alkyl halides is 5. The highest BCUT2D eigenvalue weighted by Gasteiger charge is 2.43. The largest absolute Gasteiger partial charge is 0.435 e. The minimum Gasteiger partial charge on any atom is -0.407 e. The summed E-state index contributed by atoms with van der Waals surface area (Å²) in [5.74, 6) is -5.80. The van der Waals surface area contributed by atoms with Crippen molar-refractivity contribution in [3.8, 4) is 11.3 Å². The van der Waals surface area contributed by atoms with Crippen LogP contribution in [0.25, 0.3) is 22.4 Å². The molecule has 1 N–H and O–H groups in total. The van der Waals surface area contributed by atoms with Gasteiger partial charge in [0.25, 0.3) is 5.92 Å². The van der Waals surface area contributed by atoms with E-state index in [1.807, 2.05) is 4.98 Å². The topological polar surface area (TPSA) is 71.8 Å². The van der Waals surface area contributed by atoms with E-state index in [-0.39, 0.29) is 18.0 Å². The van der Waals surface area contributed by atoms with Gasteiger partial charge in [0.15, 0.2) is 17.1 Å². The van der Waals surface area contributed by atoms with Crippen LogP contribution in [0.1, 0.15) is 18.3 Å². The summed E-state index contributed by atoms with van der Waals surface area (Å²) in [5.41, 5.74) is -4.93. The number of nitrogens with zero attached hydrogens (tertiary/aromatic N) is 2. The second-order valence-electron chi connectivity index (χ2n) is 5.15. The fourth-order valence-corrected chi connectivity index (χ4v) is 2.24. The summed E-state index contributed by atoms with van der Waals surface area (Å²) >= 11 is 0. The molecule has 0 unspecified atom stereocenters. The molecular formula is C14H7F6N3O2. The zero-order valence-electron chi connectivity index (χ0n) is 12.2. The normalized spacial score (nSPS) is 12.8. The second-order valence-corrected chi connectivity index (χ2v) is 5.15. The smallest absolute Gasteiger partial charge is 0.407 e. The van der Waals surface area contributed by atoms with Crippen LogP contribution in [0, 0.1) is 5.82 Å². The Morgan fingerprint density at radius 2 is 1.80 bits per heavy atom. The number of halogens is 6. The maximum atomic E-state index is 13.6. The van der Waals surface area contributed by atoms with Crippen LogP contribution in [0.5, 0.6) is 0 Å². The molecule has 0 saturated heterocycles. The van der Waals surface area contributed by atoms with Gasteiger partial charge >= 0.3 is 11.9 Å². The maximum Gasteiger partial charge on any atom is 0.435 e. The van der Waals surface area contributed by atoms with Crippen LogP contribution in [0.4, 0.5) is 26.3 Å². The van der Waals surface area contributed by atoms with Gasteiger partial charge in [-0.15, -0.1) is 0 Å². The number of nitrogens with one attached hydrogen (secondary N) is 1. The molecule has 25 heavy (non-hydrogen) atoms. The highest BCUT2D eigenvalue weighted by atomic mass is 19.4. The van der Waals surface area contributed by atoms with Gasteiger partial charge in [0.2, 0.25) is 0 Å². The first-order chi connectivity index (χ1) is 11.5. The molecule has 5 nitrogen and oxygen atoms in total. The number of oxazole rings is 1.